The number of hydrogen-bond donors (Lipinski definition) is 1. The maximum absolute atomic E-state index is 14.0. The molecule has 1 aromatic carbocycles. The molecule has 0 radical (unpaired) electrons. The van der Waals surface area contributed by atoms with E-state index in [1.807, 2.05) is 31.0 Å². The second-order valence-electron chi connectivity index (χ2n) is 13.1. The third-order valence-corrected chi connectivity index (χ3v) is 11.4. The first-order chi connectivity index (χ1) is 17.7. The average Bonchev–Trinajstić information content (AvgIpc) is 3.25. The Labute approximate surface area is 223 Å². The molecular formula is C32H48FNO3. The van der Waals surface area contributed by atoms with Crippen LogP contribution < -0.4 is 0 Å². The molecule has 0 saturated heterocycles. The molecule has 206 valence electrons. The van der Waals surface area contributed by atoms with Gasteiger partial charge in [0.25, 0.3) is 0 Å². The molecular weight excluding hydrogens is 465 g/mol. The molecule has 4 aliphatic rings. The third kappa shape index (κ3) is 4.88. The summed E-state index contributed by atoms with van der Waals surface area (Å²) in [6.45, 7) is 7.68. The maximum Gasteiger partial charge on any atom is 0.226 e. The summed E-state index contributed by atoms with van der Waals surface area (Å²) in [5, 5.41) is 11.2. The van der Waals surface area contributed by atoms with E-state index in [-0.39, 0.29) is 29.1 Å². The number of aliphatic hydroxyl groups is 1. The first-order valence-electron chi connectivity index (χ1n) is 15.0. The predicted octanol–water partition coefficient (Wildman–Crippen LogP) is 6.77. The molecule has 4 aliphatic carbocycles. The quantitative estimate of drug-likeness (QED) is 0.438. The summed E-state index contributed by atoms with van der Waals surface area (Å²) in [5.41, 5.74) is 0.455. The largest absolute Gasteiger partial charge is 0.387 e. The fourth-order valence-electron chi connectivity index (χ4n) is 9.61. The second kappa shape index (κ2) is 10.6. The zero-order valence-electron chi connectivity index (χ0n) is 23.4. The monoisotopic (exact) mass is 513 g/mol. The summed E-state index contributed by atoms with van der Waals surface area (Å²) in [5.74, 6) is 3.58. The summed E-state index contributed by atoms with van der Waals surface area (Å²) in [6, 6.07) is 6.65. The van der Waals surface area contributed by atoms with Crippen molar-refractivity contribution in [2.45, 2.75) is 96.6 Å². The molecule has 0 aromatic heterocycles. The van der Waals surface area contributed by atoms with E-state index in [1.165, 1.54) is 37.8 Å². The number of ether oxygens (including phenoxy) is 1. The van der Waals surface area contributed by atoms with Crippen LogP contribution in [0.1, 0.15) is 96.6 Å². The highest BCUT2D eigenvalue weighted by molar-refractivity contribution is 5.80. The van der Waals surface area contributed by atoms with Gasteiger partial charge in [-0.05, 0) is 124 Å². The van der Waals surface area contributed by atoms with Gasteiger partial charge in [-0.25, -0.2) is 4.39 Å². The molecule has 5 heteroatoms. The van der Waals surface area contributed by atoms with Crippen molar-refractivity contribution in [3.05, 3.63) is 35.6 Å². The first-order valence-corrected chi connectivity index (χ1v) is 15.0. The van der Waals surface area contributed by atoms with Crippen molar-refractivity contribution in [3.8, 4) is 0 Å². The maximum atomic E-state index is 14.0. The lowest BCUT2D eigenvalue weighted by Crippen LogP contribution is -2.53. The number of carbonyl (C=O) groups is 1. The lowest BCUT2D eigenvalue weighted by atomic mass is 9.49. The van der Waals surface area contributed by atoms with Crippen molar-refractivity contribution >= 4 is 5.91 Å². The zero-order valence-corrected chi connectivity index (χ0v) is 23.4. The number of fused-ring (bicyclic) bond motifs is 5. The Balaban J connectivity index is 1.28. The third-order valence-electron chi connectivity index (χ3n) is 11.4. The normalized spacial score (nSPS) is 39.8. The first kappa shape index (κ1) is 27.1. The standard InChI is InChI=1S/C32H48FNO3/c1-5-29(21-7-10-23(33)11-8-21)34(4)30(35)28-14-13-27-26-12-9-22-19-32(36,20-37-6-2)18-16-24(22)25(26)15-17-31(27,28)3/h7-8,10-11,22,24-29,36H,5-6,9,12-20H2,1-4H3/t22-,24+,25-,26-,27+,28-,29?,31+,32-/m1/s1. The van der Waals surface area contributed by atoms with Crippen LogP contribution in [0.5, 0.6) is 0 Å². The van der Waals surface area contributed by atoms with Crippen LogP contribution in [-0.4, -0.2) is 41.8 Å². The van der Waals surface area contributed by atoms with Gasteiger partial charge in [0, 0.05) is 19.6 Å². The highest BCUT2D eigenvalue weighted by Crippen LogP contribution is 2.65. The zero-order chi connectivity index (χ0) is 26.4. The molecule has 0 bridgehead atoms. The summed E-state index contributed by atoms with van der Waals surface area (Å²) in [4.78, 5) is 16.0. The molecule has 0 spiro atoms. The Morgan fingerprint density at radius 1 is 1.05 bits per heavy atom. The molecule has 37 heavy (non-hydrogen) atoms. The van der Waals surface area contributed by atoms with Crippen LogP contribution in [0.2, 0.25) is 0 Å². The minimum atomic E-state index is -0.636. The van der Waals surface area contributed by atoms with E-state index >= 15 is 0 Å². The molecule has 0 heterocycles. The van der Waals surface area contributed by atoms with Crippen molar-refractivity contribution in [1.29, 1.82) is 0 Å². The van der Waals surface area contributed by atoms with Gasteiger partial charge in [0.2, 0.25) is 5.91 Å². The fourth-order valence-corrected chi connectivity index (χ4v) is 9.61. The molecule has 0 aliphatic heterocycles. The molecule has 4 fully saturated rings. The van der Waals surface area contributed by atoms with Crippen LogP contribution >= 0.6 is 0 Å². The van der Waals surface area contributed by atoms with E-state index in [4.69, 9.17) is 4.74 Å². The van der Waals surface area contributed by atoms with E-state index in [2.05, 4.69) is 13.8 Å². The average molecular weight is 514 g/mol. The fraction of sp³-hybridized carbons (Fsp3) is 0.781. The van der Waals surface area contributed by atoms with Crippen LogP contribution in [0, 0.1) is 46.7 Å². The molecule has 5 rings (SSSR count). The number of hydrogen-bond acceptors (Lipinski definition) is 3. The molecule has 4 saturated carbocycles. The van der Waals surface area contributed by atoms with E-state index in [0.717, 1.165) is 61.8 Å². The van der Waals surface area contributed by atoms with Crippen molar-refractivity contribution in [2.24, 2.45) is 40.9 Å². The smallest absolute Gasteiger partial charge is 0.226 e. The van der Waals surface area contributed by atoms with Crippen molar-refractivity contribution in [3.63, 3.8) is 0 Å². The van der Waals surface area contributed by atoms with E-state index in [0.29, 0.717) is 25.0 Å². The summed E-state index contributed by atoms with van der Waals surface area (Å²) in [6.07, 6.45) is 10.7. The molecule has 1 N–H and O–H groups in total. The number of benzene rings is 1. The van der Waals surface area contributed by atoms with Gasteiger partial charge in [-0.15, -0.1) is 0 Å². The Bertz CT molecular complexity index is 952. The predicted molar refractivity (Wildman–Crippen MR) is 144 cm³/mol. The van der Waals surface area contributed by atoms with E-state index in [1.54, 1.807) is 0 Å². The number of nitrogens with zero attached hydrogens (tertiary/aromatic N) is 1. The van der Waals surface area contributed by atoms with Gasteiger partial charge < -0.3 is 14.7 Å². The minimum absolute atomic E-state index is 0.0137. The van der Waals surface area contributed by atoms with E-state index in [9.17, 15) is 14.3 Å². The molecule has 1 aromatic rings. The minimum Gasteiger partial charge on any atom is -0.387 e. The van der Waals surface area contributed by atoms with Gasteiger partial charge in [-0.1, -0.05) is 26.0 Å². The second-order valence-corrected chi connectivity index (χ2v) is 13.1. The number of carbonyl (C=O) groups excluding carboxylic acids is 1. The number of halogens is 1. The van der Waals surface area contributed by atoms with Gasteiger partial charge in [0.15, 0.2) is 0 Å². The Morgan fingerprint density at radius 2 is 1.78 bits per heavy atom. The molecule has 1 amide bonds. The van der Waals surface area contributed by atoms with Crippen molar-refractivity contribution in [2.75, 3.05) is 20.3 Å². The summed E-state index contributed by atoms with van der Waals surface area (Å²) < 4.78 is 19.2. The molecule has 1 unspecified atom stereocenters. The Morgan fingerprint density at radius 3 is 2.49 bits per heavy atom. The lowest BCUT2D eigenvalue weighted by Gasteiger charge is -2.57. The molecule has 9 atom stereocenters. The number of amides is 1. The van der Waals surface area contributed by atoms with Crippen LogP contribution in [0.25, 0.3) is 0 Å². The van der Waals surface area contributed by atoms with Crippen LogP contribution in [0.15, 0.2) is 24.3 Å². The lowest BCUT2D eigenvalue weighted by molar-refractivity contribution is -0.147. The SMILES string of the molecule is CCOC[C@@]1(O)CC[C@H]2[C@H](CC[C@@H]3[C@@H]2CC[C@]2(C)[C@@H](C(=O)N(C)C(CC)c4ccc(F)cc4)CC[C@@H]32)C1. The topological polar surface area (TPSA) is 49.8 Å². The van der Waals surface area contributed by atoms with Crippen LogP contribution in [0.4, 0.5) is 4.39 Å². The van der Waals surface area contributed by atoms with Crippen molar-refractivity contribution in [1.82, 2.24) is 4.90 Å². The summed E-state index contributed by atoms with van der Waals surface area (Å²) >= 11 is 0. The van der Waals surface area contributed by atoms with Crippen LogP contribution in [-0.2, 0) is 9.53 Å². The number of rotatable bonds is 7. The van der Waals surface area contributed by atoms with Gasteiger partial charge >= 0.3 is 0 Å². The van der Waals surface area contributed by atoms with Crippen LogP contribution in [0.3, 0.4) is 0 Å². The van der Waals surface area contributed by atoms with Gasteiger partial charge in [-0.2, -0.15) is 0 Å². The highest BCUT2D eigenvalue weighted by Gasteiger charge is 2.59. The molecule has 4 nitrogen and oxygen atoms in total. The van der Waals surface area contributed by atoms with Gasteiger partial charge in [-0.3, -0.25) is 4.79 Å². The van der Waals surface area contributed by atoms with E-state index < -0.39 is 5.60 Å². The van der Waals surface area contributed by atoms with Gasteiger partial charge in [0.05, 0.1) is 18.2 Å². The Kier molecular flexibility index (Phi) is 7.77. The van der Waals surface area contributed by atoms with Gasteiger partial charge in [0.1, 0.15) is 5.82 Å². The Hall–Kier alpha value is -1.46. The summed E-state index contributed by atoms with van der Waals surface area (Å²) in [7, 11) is 1.96. The van der Waals surface area contributed by atoms with Crippen molar-refractivity contribution < 1.29 is 19.0 Å². The highest BCUT2D eigenvalue weighted by atomic mass is 19.1.